The Hall–Kier alpha value is -2.73. The third-order valence-electron chi connectivity index (χ3n) is 4.68. The first kappa shape index (κ1) is 19.0. The van der Waals surface area contributed by atoms with E-state index < -0.39 is 5.92 Å². The molecule has 1 unspecified atom stereocenters. The summed E-state index contributed by atoms with van der Waals surface area (Å²) in [6.45, 7) is 0.297. The number of halogens is 1. The number of amides is 2. The molecule has 142 valence electrons. The molecule has 6 nitrogen and oxygen atoms in total. The van der Waals surface area contributed by atoms with Crippen LogP contribution >= 0.6 is 11.6 Å². The lowest BCUT2D eigenvalue weighted by molar-refractivity contribution is -0.124. The van der Waals surface area contributed by atoms with Crippen LogP contribution in [0.15, 0.2) is 42.5 Å². The van der Waals surface area contributed by atoms with Crippen molar-refractivity contribution in [1.29, 1.82) is 0 Å². The van der Waals surface area contributed by atoms with Crippen molar-refractivity contribution in [2.45, 2.75) is 6.42 Å². The molecule has 2 amide bonds. The second kappa shape index (κ2) is 7.88. The highest BCUT2D eigenvalue weighted by molar-refractivity contribution is 6.31. The van der Waals surface area contributed by atoms with Crippen LogP contribution in [0, 0.1) is 5.92 Å². The fraction of sp³-hybridized carbons (Fsp3) is 0.300. The van der Waals surface area contributed by atoms with Gasteiger partial charge in [0, 0.05) is 25.0 Å². The van der Waals surface area contributed by atoms with Gasteiger partial charge in [0.25, 0.3) is 0 Å². The van der Waals surface area contributed by atoms with Crippen molar-refractivity contribution in [1.82, 2.24) is 0 Å². The molecule has 0 radical (unpaired) electrons. The normalized spacial score (nSPS) is 16.4. The molecule has 27 heavy (non-hydrogen) atoms. The van der Waals surface area contributed by atoms with Gasteiger partial charge < -0.3 is 19.3 Å². The van der Waals surface area contributed by atoms with E-state index in [-0.39, 0.29) is 18.2 Å². The van der Waals surface area contributed by atoms with Crippen molar-refractivity contribution in [2.24, 2.45) is 5.92 Å². The minimum Gasteiger partial charge on any atom is -0.495 e. The van der Waals surface area contributed by atoms with Crippen molar-refractivity contribution < 1.29 is 19.1 Å². The van der Waals surface area contributed by atoms with Gasteiger partial charge in [-0.2, -0.15) is 0 Å². The molecule has 0 saturated carbocycles. The average Bonchev–Trinajstić information content (AvgIpc) is 3.08. The zero-order valence-corrected chi connectivity index (χ0v) is 16.2. The molecule has 0 aliphatic carbocycles. The van der Waals surface area contributed by atoms with Gasteiger partial charge in [0.05, 0.1) is 31.5 Å². The predicted molar refractivity (Wildman–Crippen MR) is 105 cm³/mol. The Morgan fingerprint density at radius 3 is 2.56 bits per heavy atom. The third-order valence-corrected chi connectivity index (χ3v) is 4.92. The number of benzene rings is 2. The summed E-state index contributed by atoms with van der Waals surface area (Å²) in [6.07, 6.45) is 0.143. The number of methoxy groups -OCH3 is 2. The number of hydrogen-bond donors (Lipinski definition) is 0. The first-order chi connectivity index (χ1) is 13.0. The van der Waals surface area contributed by atoms with Crippen LogP contribution < -0.4 is 19.3 Å². The van der Waals surface area contributed by atoms with Gasteiger partial charge in [0.1, 0.15) is 11.5 Å². The Labute approximate surface area is 163 Å². The summed E-state index contributed by atoms with van der Waals surface area (Å²) in [5.74, 6) is 0.409. The molecule has 2 aromatic carbocycles. The molecule has 0 aromatic heterocycles. The molecule has 1 aliphatic heterocycles. The Balaban J connectivity index is 1.83. The predicted octanol–water partition coefficient (Wildman–Crippen LogP) is 3.37. The number of para-hydroxylation sites is 2. The summed E-state index contributed by atoms with van der Waals surface area (Å²) in [5, 5.41) is 0.503. The van der Waals surface area contributed by atoms with E-state index in [1.165, 1.54) is 12.0 Å². The number of carbonyl (C=O) groups excluding carboxylic acids is 2. The molecule has 1 aliphatic rings. The van der Waals surface area contributed by atoms with Crippen LogP contribution in [0.4, 0.5) is 11.4 Å². The smallest absolute Gasteiger partial charge is 0.232 e. The number of carbonyl (C=O) groups is 2. The highest BCUT2D eigenvalue weighted by Gasteiger charge is 2.38. The Morgan fingerprint density at radius 2 is 1.85 bits per heavy atom. The number of ether oxygens (including phenoxy) is 2. The fourth-order valence-electron chi connectivity index (χ4n) is 3.28. The van der Waals surface area contributed by atoms with Crippen LogP contribution in [0.25, 0.3) is 0 Å². The zero-order valence-electron chi connectivity index (χ0n) is 15.4. The average molecular weight is 389 g/mol. The minimum atomic E-state index is -0.462. The lowest BCUT2D eigenvalue weighted by atomic mass is 10.1. The molecule has 3 rings (SSSR count). The van der Waals surface area contributed by atoms with E-state index in [2.05, 4.69) is 0 Å². The van der Waals surface area contributed by atoms with E-state index in [1.807, 2.05) is 18.2 Å². The van der Waals surface area contributed by atoms with E-state index in [9.17, 15) is 9.59 Å². The monoisotopic (exact) mass is 388 g/mol. The van der Waals surface area contributed by atoms with Gasteiger partial charge >= 0.3 is 0 Å². The first-order valence-electron chi connectivity index (χ1n) is 8.50. The Morgan fingerprint density at radius 1 is 1.15 bits per heavy atom. The molecule has 1 saturated heterocycles. The molecule has 7 heteroatoms. The van der Waals surface area contributed by atoms with Crippen LogP contribution in [0.1, 0.15) is 6.42 Å². The molecular weight excluding hydrogens is 368 g/mol. The number of anilines is 2. The maximum absolute atomic E-state index is 13.0. The minimum absolute atomic E-state index is 0.107. The first-order valence-corrected chi connectivity index (χ1v) is 8.88. The standard InChI is InChI=1S/C20H21ClN2O4/c1-22(16-11-14(21)8-9-18(16)27-3)20(25)13-10-19(24)23(12-13)15-6-4-5-7-17(15)26-2/h4-9,11,13H,10,12H2,1-3H3. The number of rotatable bonds is 5. The summed E-state index contributed by atoms with van der Waals surface area (Å²) < 4.78 is 10.7. The quantitative estimate of drug-likeness (QED) is 0.788. The lowest BCUT2D eigenvalue weighted by Crippen LogP contribution is -2.35. The van der Waals surface area contributed by atoms with Crippen molar-refractivity contribution in [2.75, 3.05) is 37.6 Å². The lowest BCUT2D eigenvalue weighted by Gasteiger charge is -2.24. The van der Waals surface area contributed by atoms with E-state index in [0.29, 0.717) is 34.4 Å². The van der Waals surface area contributed by atoms with Gasteiger partial charge in [0.2, 0.25) is 11.8 Å². The third kappa shape index (κ3) is 3.71. The molecule has 0 spiro atoms. The summed E-state index contributed by atoms with van der Waals surface area (Å²) in [5.41, 5.74) is 1.24. The van der Waals surface area contributed by atoms with Gasteiger partial charge in [-0.15, -0.1) is 0 Å². The van der Waals surface area contributed by atoms with Gasteiger partial charge in [-0.1, -0.05) is 23.7 Å². The largest absolute Gasteiger partial charge is 0.495 e. The van der Waals surface area contributed by atoms with Crippen LogP contribution in [-0.4, -0.2) is 39.6 Å². The Kier molecular flexibility index (Phi) is 5.56. The van der Waals surface area contributed by atoms with Crippen molar-refractivity contribution >= 4 is 34.8 Å². The summed E-state index contributed by atoms with van der Waals surface area (Å²) >= 11 is 6.07. The highest BCUT2D eigenvalue weighted by Crippen LogP contribution is 2.35. The zero-order chi connectivity index (χ0) is 19.6. The fourth-order valence-corrected chi connectivity index (χ4v) is 3.44. The summed E-state index contributed by atoms with van der Waals surface area (Å²) in [4.78, 5) is 28.7. The maximum Gasteiger partial charge on any atom is 0.232 e. The molecular formula is C20H21ClN2O4. The Bertz CT molecular complexity index is 871. The summed E-state index contributed by atoms with van der Waals surface area (Å²) in [6, 6.07) is 12.4. The topological polar surface area (TPSA) is 59.1 Å². The number of hydrogen-bond acceptors (Lipinski definition) is 4. The molecule has 1 atom stereocenters. The second-order valence-electron chi connectivity index (χ2n) is 6.29. The van der Waals surface area contributed by atoms with Crippen molar-refractivity contribution in [3.63, 3.8) is 0 Å². The summed E-state index contributed by atoms with van der Waals surface area (Å²) in [7, 11) is 4.75. The van der Waals surface area contributed by atoms with Crippen molar-refractivity contribution in [3.05, 3.63) is 47.5 Å². The molecule has 0 bridgehead atoms. The van der Waals surface area contributed by atoms with Gasteiger partial charge in [0.15, 0.2) is 0 Å². The van der Waals surface area contributed by atoms with Crippen LogP contribution in [-0.2, 0) is 9.59 Å². The molecule has 1 heterocycles. The van der Waals surface area contributed by atoms with E-state index in [1.54, 1.807) is 43.3 Å². The van der Waals surface area contributed by atoms with E-state index >= 15 is 0 Å². The van der Waals surface area contributed by atoms with E-state index in [0.717, 1.165) is 0 Å². The van der Waals surface area contributed by atoms with E-state index in [4.69, 9.17) is 21.1 Å². The maximum atomic E-state index is 13.0. The van der Waals surface area contributed by atoms with Gasteiger partial charge in [-0.3, -0.25) is 9.59 Å². The molecule has 2 aromatic rings. The van der Waals surface area contributed by atoms with Crippen LogP contribution in [0.5, 0.6) is 11.5 Å². The van der Waals surface area contributed by atoms with Crippen LogP contribution in [0.3, 0.4) is 0 Å². The van der Waals surface area contributed by atoms with Gasteiger partial charge in [-0.05, 0) is 30.3 Å². The molecule has 0 N–H and O–H groups in total. The highest BCUT2D eigenvalue weighted by atomic mass is 35.5. The number of nitrogens with zero attached hydrogens (tertiary/aromatic N) is 2. The van der Waals surface area contributed by atoms with Crippen LogP contribution in [0.2, 0.25) is 5.02 Å². The van der Waals surface area contributed by atoms with Gasteiger partial charge in [-0.25, -0.2) is 0 Å². The second-order valence-corrected chi connectivity index (χ2v) is 6.73. The SMILES string of the molecule is COc1ccc(Cl)cc1N(C)C(=O)C1CC(=O)N(c2ccccc2OC)C1. The van der Waals surface area contributed by atoms with Crippen molar-refractivity contribution in [3.8, 4) is 11.5 Å². The molecule has 1 fully saturated rings.